The van der Waals surface area contributed by atoms with E-state index >= 15 is 0 Å². The third kappa shape index (κ3) is 5.83. The van der Waals surface area contributed by atoms with Crippen molar-refractivity contribution in [2.45, 2.75) is 37.1 Å². The van der Waals surface area contributed by atoms with Crippen LogP contribution in [0.15, 0.2) is 53.4 Å². The summed E-state index contributed by atoms with van der Waals surface area (Å²) in [4.78, 5) is 26.7. The molecular weight excluding hydrogens is 375 g/mol. The van der Waals surface area contributed by atoms with E-state index in [1.54, 1.807) is 18.2 Å². The van der Waals surface area contributed by atoms with Crippen LogP contribution in [0.25, 0.3) is 0 Å². The van der Waals surface area contributed by atoms with E-state index < -0.39 is 0 Å². The smallest absolute Gasteiger partial charge is 0.222 e. The molecule has 0 saturated carbocycles. The van der Waals surface area contributed by atoms with Crippen LogP contribution in [-0.2, 0) is 22.6 Å². The fraction of sp³-hybridized carbons (Fsp3) is 0.364. The van der Waals surface area contributed by atoms with Crippen LogP contribution in [-0.4, -0.2) is 35.6 Å². The minimum atomic E-state index is -0.258. The SMILES string of the molecule is O=C(CCSc1ccccc1F)NCCCC(=O)N1CCc2ccccc2C1. The van der Waals surface area contributed by atoms with Gasteiger partial charge in [0, 0.05) is 43.1 Å². The van der Waals surface area contributed by atoms with Gasteiger partial charge in [0.2, 0.25) is 11.8 Å². The molecule has 0 unspecified atom stereocenters. The summed E-state index contributed by atoms with van der Waals surface area (Å²) in [5.74, 6) is 0.340. The van der Waals surface area contributed by atoms with Gasteiger partial charge in [0.15, 0.2) is 0 Å². The summed E-state index contributed by atoms with van der Waals surface area (Å²) in [5, 5.41) is 2.84. The van der Waals surface area contributed by atoms with Crippen molar-refractivity contribution in [3.63, 3.8) is 0 Å². The van der Waals surface area contributed by atoms with Gasteiger partial charge in [0.1, 0.15) is 5.82 Å². The second-order valence-electron chi connectivity index (χ2n) is 6.82. The summed E-state index contributed by atoms with van der Waals surface area (Å²) in [6, 6.07) is 14.8. The zero-order valence-corrected chi connectivity index (χ0v) is 16.6. The van der Waals surface area contributed by atoms with E-state index in [-0.39, 0.29) is 17.6 Å². The first kappa shape index (κ1) is 20.4. The molecule has 1 N–H and O–H groups in total. The van der Waals surface area contributed by atoms with Crippen LogP contribution >= 0.6 is 11.8 Å². The average molecular weight is 401 g/mol. The minimum Gasteiger partial charge on any atom is -0.356 e. The molecule has 1 heterocycles. The van der Waals surface area contributed by atoms with Gasteiger partial charge < -0.3 is 10.2 Å². The van der Waals surface area contributed by atoms with Crippen molar-refractivity contribution >= 4 is 23.6 Å². The minimum absolute atomic E-state index is 0.0665. The number of hydrogen-bond acceptors (Lipinski definition) is 3. The number of fused-ring (bicyclic) bond motifs is 1. The standard InChI is InChI=1S/C22H25FN2O2S/c23-19-8-3-4-9-20(19)28-15-12-21(26)24-13-5-10-22(27)25-14-11-17-6-1-2-7-18(17)16-25/h1-4,6-9H,5,10-16H2,(H,24,26). The van der Waals surface area contributed by atoms with Crippen molar-refractivity contribution in [3.05, 3.63) is 65.5 Å². The fourth-order valence-electron chi connectivity index (χ4n) is 3.24. The number of nitrogens with one attached hydrogen (secondary N) is 1. The number of benzene rings is 2. The monoisotopic (exact) mass is 400 g/mol. The summed E-state index contributed by atoms with van der Waals surface area (Å²) in [7, 11) is 0. The first-order valence-corrected chi connectivity index (χ1v) is 10.6. The highest BCUT2D eigenvalue weighted by Crippen LogP contribution is 2.22. The van der Waals surface area contributed by atoms with Gasteiger partial charge in [-0.1, -0.05) is 36.4 Å². The topological polar surface area (TPSA) is 49.4 Å². The number of nitrogens with zero attached hydrogens (tertiary/aromatic N) is 1. The van der Waals surface area contributed by atoms with Gasteiger partial charge in [0.05, 0.1) is 0 Å². The summed E-state index contributed by atoms with van der Waals surface area (Å²) in [5.41, 5.74) is 2.55. The molecular formula is C22H25FN2O2S. The van der Waals surface area contributed by atoms with Crippen molar-refractivity contribution in [1.29, 1.82) is 0 Å². The first-order chi connectivity index (χ1) is 13.6. The third-order valence-corrected chi connectivity index (χ3v) is 5.85. The Kier molecular flexibility index (Phi) is 7.48. The molecule has 0 aromatic heterocycles. The lowest BCUT2D eigenvalue weighted by atomic mass is 9.99. The normalized spacial score (nSPS) is 13.1. The number of amides is 2. The van der Waals surface area contributed by atoms with Crippen LogP contribution in [0, 0.1) is 5.82 Å². The van der Waals surface area contributed by atoms with E-state index in [9.17, 15) is 14.0 Å². The van der Waals surface area contributed by atoms with Crippen molar-refractivity contribution in [3.8, 4) is 0 Å². The summed E-state index contributed by atoms with van der Waals surface area (Å²) < 4.78 is 13.5. The second-order valence-corrected chi connectivity index (χ2v) is 7.95. The van der Waals surface area contributed by atoms with Crippen LogP contribution in [0.2, 0.25) is 0 Å². The fourth-order valence-corrected chi connectivity index (χ4v) is 4.13. The number of hydrogen-bond donors (Lipinski definition) is 1. The summed E-state index contributed by atoms with van der Waals surface area (Å²) >= 11 is 1.34. The van der Waals surface area contributed by atoms with Crippen LogP contribution in [0.3, 0.4) is 0 Å². The van der Waals surface area contributed by atoms with E-state index in [2.05, 4.69) is 17.4 Å². The van der Waals surface area contributed by atoms with Crippen LogP contribution in [0.4, 0.5) is 4.39 Å². The van der Waals surface area contributed by atoms with Crippen molar-refractivity contribution in [1.82, 2.24) is 10.2 Å². The number of carbonyl (C=O) groups is 2. The van der Waals surface area contributed by atoms with Gasteiger partial charge in [-0.3, -0.25) is 9.59 Å². The quantitative estimate of drug-likeness (QED) is 0.542. The maximum absolute atomic E-state index is 13.5. The van der Waals surface area contributed by atoms with Gasteiger partial charge in [-0.05, 0) is 36.1 Å². The Hall–Kier alpha value is -2.34. The Balaban J connectivity index is 1.29. The Bertz CT molecular complexity index is 828. The third-order valence-electron chi connectivity index (χ3n) is 4.80. The highest BCUT2D eigenvalue weighted by Gasteiger charge is 2.19. The molecule has 3 rings (SSSR count). The van der Waals surface area contributed by atoms with Gasteiger partial charge in [0.25, 0.3) is 0 Å². The lowest BCUT2D eigenvalue weighted by Gasteiger charge is -2.29. The van der Waals surface area contributed by atoms with Crippen LogP contribution in [0.1, 0.15) is 30.4 Å². The van der Waals surface area contributed by atoms with Gasteiger partial charge in [-0.2, -0.15) is 0 Å². The number of carbonyl (C=O) groups excluding carboxylic acids is 2. The number of halogens is 1. The molecule has 2 aromatic rings. The highest BCUT2D eigenvalue weighted by molar-refractivity contribution is 7.99. The molecule has 0 radical (unpaired) electrons. The molecule has 2 amide bonds. The molecule has 0 atom stereocenters. The maximum atomic E-state index is 13.5. The Morgan fingerprint density at radius 3 is 2.61 bits per heavy atom. The Morgan fingerprint density at radius 2 is 1.79 bits per heavy atom. The zero-order chi connectivity index (χ0) is 19.8. The molecule has 0 fully saturated rings. The molecule has 148 valence electrons. The molecule has 2 aromatic carbocycles. The van der Waals surface area contributed by atoms with E-state index in [1.807, 2.05) is 17.0 Å². The molecule has 0 saturated heterocycles. The van der Waals surface area contributed by atoms with Gasteiger partial charge in [-0.25, -0.2) is 4.39 Å². The van der Waals surface area contributed by atoms with E-state index in [1.165, 1.54) is 29.0 Å². The van der Waals surface area contributed by atoms with Crippen molar-refractivity contribution in [2.75, 3.05) is 18.8 Å². The van der Waals surface area contributed by atoms with E-state index in [0.29, 0.717) is 43.0 Å². The molecule has 0 bridgehead atoms. The molecule has 0 aliphatic carbocycles. The molecule has 0 spiro atoms. The lowest BCUT2D eigenvalue weighted by molar-refractivity contribution is -0.132. The predicted molar refractivity (Wildman–Crippen MR) is 110 cm³/mol. The van der Waals surface area contributed by atoms with Crippen LogP contribution in [0.5, 0.6) is 0 Å². The number of rotatable bonds is 8. The lowest BCUT2D eigenvalue weighted by Crippen LogP contribution is -2.36. The Labute approximate surface area is 169 Å². The van der Waals surface area contributed by atoms with Crippen LogP contribution < -0.4 is 5.32 Å². The summed E-state index contributed by atoms with van der Waals surface area (Å²) in [6.07, 6.45) is 2.30. The average Bonchev–Trinajstić information content (AvgIpc) is 2.72. The molecule has 4 nitrogen and oxygen atoms in total. The molecule has 28 heavy (non-hydrogen) atoms. The zero-order valence-electron chi connectivity index (χ0n) is 15.8. The molecule has 1 aliphatic rings. The van der Waals surface area contributed by atoms with Crippen molar-refractivity contribution in [2.24, 2.45) is 0 Å². The van der Waals surface area contributed by atoms with Gasteiger partial charge in [-0.15, -0.1) is 11.8 Å². The van der Waals surface area contributed by atoms with E-state index in [0.717, 1.165) is 13.0 Å². The van der Waals surface area contributed by atoms with Gasteiger partial charge >= 0.3 is 0 Å². The molecule has 6 heteroatoms. The Morgan fingerprint density at radius 1 is 1.04 bits per heavy atom. The summed E-state index contributed by atoms with van der Waals surface area (Å²) in [6.45, 7) is 1.92. The highest BCUT2D eigenvalue weighted by atomic mass is 32.2. The number of thioether (sulfide) groups is 1. The largest absolute Gasteiger partial charge is 0.356 e. The van der Waals surface area contributed by atoms with E-state index in [4.69, 9.17) is 0 Å². The molecule has 1 aliphatic heterocycles. The second kappa shape index (κ2) is 10.3. The van der Waals surface area contributed by atoms with Crippen molar-refractivity contribution < 1.29 is 14.0 Å². The maximum Gasteiger partial charge on any atom is 0.222 e. The predicted octanol–water partition coefficient (Wildman–Crippen LogP) is 3.79. The first-order valence-electron chi connectivity index (χ1n) is 9.62.